The third kappa shape index (κ3) is 2.73. The number of rotatable bonds is 2. The molecule has 0 unspecified atom stereocenters. The SMILES string of the molecule is FC(F)(F)c1cccnc1C=CCCl. The molecule has 0 amide bonds. The van der Waals surface area contributed by atoms with Gasteiger partial charge in [0.15, 0.2) is 0 Å². The third-order valence-electron chi connectivity index (χ3n) is 1.51. The van der Waals surface area contributed by atoms with Crippen LogP contribution in [0.25, 0.3) is 6.08 Å². The molecule has 0 saturated carbocycles. The molecule has 1 nitrogen and oxygen atoms in total. The zero-order chi connectivity index (χ0) is 10.6. The standard InChI is InChI=1S/C9H7ClF3N/c10-5-1-4-8-7(9(11,12)13)3-2-6-14-8/h1-4,6H,5H2. The van der Waals surface area contributed by atoms with Crippen LogP contribution in [0.15, 0.2) is 24.4 Å². The Morgan fingerprint density at radius 1 is 1.43 bits per heavy atom. The van der Waals surface area contributed by atoms with E-state index in [4.69, 9.17) is 11.6 Å². The van der Waals surface area contributed by atoms with Gasteiger partial charge in [-0.1, -0.05) is 6.08 Å². The van der Waals surface area contributed by atoms with Gasteiger partial charge < -0.3 is 0 Å². The van der Waals surface area contributed by atoms with Gasteiger partial charge >= 0.3 is 6.18 Å². The smallest absolute Gasteiger partial charge is 0.256 e. The molecule has 1 aromatic heterocycles. The molecule has 0 aliphatic heterocycles. The lowest BCUT2D eigenvalue weighted by atomic mass is 10.2. The highest BCUT2D eigenvalue weighted by molar-refractivity contribution is 6.19. The van der Waals surface area contributed by atoms with Crippen molar-refractivity contribution in [3.05, 3.63) is 35.7 Å². The molecule has 0 saturated heterocycles. The molecule has 76 valence electrons. The van der Waals surface area contributed by atoms with E-state index >= 15 is 0 Å². The molecule has 0 bridgehead atoms. The van der Waals surface area contributed by atoms with Crippen molar-refractivity contribution in [2.45, 2.75) is 6.18 Å². The van der Waals surface area contributed by atoms with Crippen LogP contribution in [0.5, 0.6) is 0 Å². The van der Waals surface area contributed by atoms with Crippen LogP contribution in [0.4, 0.5) is 13.2 Å². The molecule has 0 radical (unpaired) electrons. The van der Waals surface area contributed by atoms with E-state index < -0.39 is 11.7 Å². The van der Waals surface area contributed by atoms with Crippen LogP contribution in [0.2, 0.25) is 0 Å². The summed E-state index contributed by atoms with van der Waals surface area (Å²) >= 11 is 5.32. The maximum Gasteiger partial charge on any atom is 0.418 e. The quantitative estimate of drug-likeness (QED) is 0.698. The van der Waals surface area contributed by atoms with E-state index in [1.807, 2.05) is 0 Å². The highest BCUT2D eigenvalue weighted by Gasteiger charge is 2.32. The molecule has 0 atom stereocenters. The van der Waals surface area contributed by atoms with Gasteiger partial charge in [0.05, 0.1) is 11.3 Å². The predicted octanol–water partition coefficient (Wildman–Crippen LogP) is 3.35. The van der Waals surface area contributed by atoms with Crippen molar-refractivity contribution in [3.8, 4) is 0 Å². The average molecular weight is 222 g/mol. The monoisotopic (exact) mass is 221 g/mol. The maximum atomic E-state index is 12.4. The van der Waals surface area contributed by atoms with E-state index in [1.54, 1.807) is 0 Å². The first kappa shape index (κ1) is 11.0. The molecule has 0 aromatic carbocycles. The van der Waals surface area contributed by atoms with Gasteiger partial charge in [-0.05, 0) is 18.2 Å². The summed E-state index contributed by atoms with van der Waals surface area (Å²) in [6, 6.07) is 2.24. The van der Waals surface area contributed by atoms with Crippen molar-refractivity contribution >= 4 is 17.7 Å². The topological polar surface area (TPSA) is 12.9 Å². The highest BCUT2D eigenvalue weighted by Crippen LogP contribution is 2.31. The van der Waals surface area contributed by atoms with Crippen LogP contribution < -0.4 is 0 Å². The zero-order valence-corrected chi connectivity index (χ0v) is 7.81. The Hall–Kier alpha value is -1.03. The summed E-state index contributed by atoms with van der Waals surface area (Å²) in [5, 5.41) is 0. The van der Waals surface area contributed by atoms with Gasteiger partial charge in [-0.25, -0.2) is 0 Å². The van der Waals surface area contributed by atoms with Crippen molar-refractivity contribution in [1.82, 2.24) is 4.98 Å². The van der Waals surface area contributed by atoms with Crippen LogP contribution in [-0.2, 0) is 6.18 Å². The summed E-state index contributed by atoms with van der Waals surface area (Å²) in [5.74, 6) is 0.161. The van der Waals surface area contributed by atoms with Crippen molar-refractivity contribution < 1.29 is 13.2 Å². The Morgan fingerprint density at radius 2 is 2.14 bits per heavy atom. The second-order valence-electron chi connectivity index (χ2n) is 2.49. The zero-order valence-electron chi connectivity index (χ0n) is 7.05. The van der Waals surface area contributed by atoms with E-state index in [2.05, 4.69) is 4.98 Å². The molecule has 0 fully saturated rings. The number of aromatic nitrogens is 1. The molecule has 0 aliphatic carbocycles. The summed E-state index contributed by atoms with van der Waals surface area (Å²) < 4.78 is 37.1. The third-order valence-corrected chi connectivity index (χ3v) is 1.69. The summed E-state index contributed by atoms with van der Waals surface area (Å²) in [6.07, 6.45) is -0.391. The van der Waals surface area contributed by atoms with Crippen LogP contribution in [-0.4, -0.2) is 10.9 Å². The number of allylic oxidation sites excluding steroid dienone is 1. The van der Waals surface area contributed by atoms with Gasteiger partial charge in [0.2, 0.25) is 0 Å². The number of alkyl halides is 4. The number of nitrogens with zero attached hydrogens (tertiary/aromatic N) is 1. The first-order valence-electron chi connectivity index (χ1n) is 3.80. The minimum Gasteiger partial charge on any atom is -0.256 e. The highest BCUT2D eigenvalue weighted by atomic mass is 35.5. The normalized spacial score (nSPS) is 12.3. The van der Waals surface area contributed by atoms with Crippen molar-refractivity contribution in [2.75, 3.05) is 5.88 Å². The molecule has 0 N–H and O–H groups in total. The summed E-state index contributed by atoms with van der Waals surface area (Å²) in [4.78, 5) is 3.62. The minimum absolute atomic E-state index is 0.111. The van der Waals surface area contributed by atoms with Gasteiger partial charge in [0, 0.05) is 12.1 Å². The summed E-state index contributed by atoms with van der Waals surface area (Å²) in [7, 11) is 0. The van der Waals surface area contributed by atoms with Crippen molar-refractivity contribution in [2.24, 2.45) is 0 Å². The van der Waals surface area contributed by atoms with Crippen LogP contribution >= 0.6 is 11.6 Å². The number of halogens is 4. The van der Waals surface area contributed by atoms with Crippen molar-refractivity contribution in [1.29, 1.82) is 0 Å². The molecular formula is C9H7ClF3N. The Bertz CT molecular complexity index is 333. The lowest BCUT2D eigenvalue weighted by Gasteiger charge is -2.08. The maximum absolute atomic E-state index is 12.4. The van der Waals surface area contributed by atoms with E-state index in [1.165, 1.54) is 24.4 Å². The van der Waals surface area contributed by atoms with Gasteiger partial charge in [-0.15, -0.1) is 11.6 Å². The van der Waals surface area contributed by atoms with Gasteiger partial charge in [-0.3, -0.25) is 4.98 Å². The first-order chi connectivity index (χ1) is 6.55. The molecular weight excluding hydrogens is 215 g/mol. The summed E-state index contributed by atoms with van der Waals surface area (Å²) in [6.45, 7) is 0. The number of hydrogen-bond acceptors (Lipinski definition) is 1. The number of hydrogen-bond donors (Lipinski definition) is 0. The molecule has 1 rings (SSSR count). The Balaban J connectivity index is 3.10. The van der Waals surface area contributed by atoms with E-state index in [0.717, 1.165) is 6.07 Å². The Morgan fingerprint density at radius 3 is 2.71 bits per heavy atom. The fourth-order valence-corrected chi connectivity index (χ4v) is 1.04. The number of pyridine rings is 1. The van der Waals surface area contributed by atoms with Crippen LogP contribution in [0.3, 0.4) is 0 Å². The predicted molar refractivity (Wildman–Crippen MR) is 49.0 cm³/mol. The molecule has 0 aliphatic rings. The minimum atomic E-state index is -4.37. The Kier molecular flexibility index (Phi) is 3.52. The van der Waals surface area contributed by atoms with Crippen LogP contribution in [0, 0.1) is 0 Å². The van der Waals surface area contributed by atoms with E-state index in [0.29, 0.717) is 0 Å². The lowest BCUT2D eigenvalue weighted by molar-refractivity contribution is -0.138. The van der Waals surface area contributed by atoms with Crippen molar-refractivity contribution in [3.63, 3.8) is 0 Å². The average Bonchev–Trinajstić information content (AvgIpc) is 2.14. The lowest BCUT2D eigenvalue weighted by Crippen LogP contribution is -2.08. The second-order valence-corrected chi connectivity index (χ2v) is 2.80. The van der Waals surface area contributed by atoms with Gasteiger partial charge in [-0.2, -0.15) is 13.2 Å². The van der Waals surface area contributed by atoms with E-state index in [-0.39, 0.29) is 11.6 Å². The van der Waals surface area contributed by atoms with E-state index in [9.17, 15) is 13.2 Å². The summed E-state index contributed by atoms with van der Waals surface area (Å²) in [5.41, 5.74) is -0.859. The molecule has 5 heteroatoms. The fourth-order valence-electron chi connectivity index (χ4n) is 0.946. The molecule has 0 spiro atoms. The molecule has 1 heterocycles. The fraction of sp³-hybridized carbons (Fsp3) is 0.222. The van der Waals surface area contributed by atoms with Crippen LogP contribution in [0.1, 0.15) is 11.3 Å². The largest absolute Gasteiger partial charge is 0.418 e. The second kappa shape index (κ2) is 4.46. The molecule has 14 heavy (non-hydrogen) atoms. The van der Waals surface area contributed by atoms with Gasteiger partial charge in [0.25, 0.3) is 0 Å². The first-order valence-corrected chi connectivity index (χ1v) is 4.34. The van der Waals surface area contributed by atoms with Gasteiger partial charge in [0.1, 0.15) is 0 Å². The molecule has 1 aromatic rings. The Labute approximate surface area is 84.2 Å².